The molecule has 5 aromatic rings. The second-order valence-electron chi connectivity index (χ2n) is 9.51. The monoisotopic (exact) mass is 596 g/mol. The van der Waals surface area contributed by atoms with E-state index in [0.29, 0.717) is 44.2 Å². The van der Waals surface area contributed by atoms with E-state index in [1.807, 2.05) is 0 Å². The molecule has 0 aliphatic rings. The third-order valence-corrected chi connectivity index (χ3v) is 8.96. The summed E-state index contributed by atoms with van der Waals surface area (Å²) in [5.41, 5.74) is 2.32. The number of pyridine rings is 2. The van der Waals surface area contributed by atoms with Gasteiger partial charge in [-0.2, -0.15) is 0 Å². The molecule has 206 valence electrons. The number of hydrogen-bond acceptors (Lipinski definition) is 7. The van der Waals surface area contributed by atoms with Gasteiger partial charge in [-0.15, -0.1) is 0 Å². The van der Waals surface area contributed by atoms with Crippen LogP contribution in [0.4, 0.5) is 11.5 Å². The van der Waals surface area contributed by atoms with Gasteiger partial charge in [0.2, 0.25) is 10.0 Å². The Kier molecular flexibility index (Phi) is 7.30. The first kappa shape index (κ1) is 27.6. The molecule has 1 N–H and O–H groups in total. The lowest BCUT2D eigenvalue weighted by Crippen LogP contribution is -2.23. The molecule has 0 fully saturated rings. The van der Waals surface area contributed by atoms with Gasteiger partial charge < -0.3 is 9.88 Å². The zero-order valence-electron chi connectivity index (χ0n) is 21.6. The standard InChI is InChI=1S/C28H25ClN4O5S2/c1-32-16-24(22-12-13-33(27(22)28(32)34)40(37,38)18-19-6-4-3-5-7-19)23-14-20(17-39(2,35)36)8-10-25(23)31-26-11-9-21(29)15-30-26/h3-16H,17-18H2,1-2H3,(H,30,31). The predicted octanol–water partition coefficient (Wildman–Crippen LogP) is 4.72. The molecule has 0 atom stereocenters. The smallest absolute Gasteiger partial charge is 0.275 e. The van der Waals surface area contributed by atoms with Crippen LogP contribution in [-0.2, 0) is 38.4 Å². The average molecular weight is 597 g/mol. The molecule has 3 aromatic heterocycles. The van der Waals surface area contributed by atoms with Gasteiger partial charge in [-0.25, -0.2) is 25.8 Å². The molecular weight excluding hydrogens is 572 g/mol. The SMILES string of the molecule is Cn1cc(-c2cc(CS(C)(=O)=O)ccc2Nc2ccc(Cl)cn2)c2ccn(S(=O)(=O)Cc3ccccc3)c2c1=O. The lowest BCUT2D eigenvalue weighted by molar-refractivity contribution is 0.587. The zero-order chi connectivity index (χ0) is 28.7. The van der Waals surface area contributed by atoms with E-state index in [1.54, 1.807) is 80.0 Å². The number of aryl methyl sites for hydroxylation is 1. The summed E-state index contributed by atoms with van der Waals surface area (Å²) in [7, 11) is -5.74. The number of fused-ring (bicyclic) bond motifs is 1. The lowest BCUT2D eigenvalue weighted by atomic mass is 9.99. The summed E-state index contributed by atoms with van der Waals surface area (Å²) in [5.74, 6) is 0.00987. The first-order valence-corrected chi connectivity index (χ1v) is 16.1. The topological polar surface area (TPSA) is 120 Å². The highest BCUT2D eigenvalue weighted by Crippen LogP contribution is 2.36. The fourth-order valence-corrected chi connectivity index (χ4v) is 6.88. The third-order valence-electron chi connectivity index (χ3n) is 6.27. The minimum absolute atomic E-state index is 0.0000140. The maximum Gasteiger partial charge on any atom is 0.275 e. The molecule has 40 heavy (non-hydrogen) atoms. The van der Waals surface area contributed by atoms with Crippen LogP contribution in [0, 0.1) is 0 Å². The highest BCUT2D eigenvalue weighted by molar-refractivity contribution is 7.90. The second-order valence-corrected chi connectivity index (χ2v) is 13.9. The average Bonchev–Trinajstić information content (AvgIpc) is 3.35. The van der Waals surface area contributed by atoms with Gasteiger partial charge in [-0.1, -0.05) is 48.0 Å². The van der Waals surface area contributed by atoms with E-state index in [-0.39, 0.29) is 17.0 Å². The van der Waals surface area contributed by atoms with E-state index in [4.69, 9.17) is 11.6 Å². The minimum atomic E-state index is -3.94. The van der Waals surface area contributed by atoms with Crippen molar-refractivity contribution in [2.45, 2.75) is 11.5 Å². The molecule has 0 aliphatic heterocycles. The first-order chi connectivity index (χ1) is 18.9. The molecule has 3 heterocycles. The lowest BCUT2D eigenvalue weighted by Gasteiger charge is -2.16. The van der Waals surface area contributed by atoms with Crippen molar-refractivity contribution in [3.8, 4) is 11.1 Å². The van der Waals surface area contributed by atoms with Gasteiger partial charge in [0.15, 0.2) is 9.84 Å². The highest BCUT2D eigenvalue weighted by atomic mass is 35.5. The number of hydrogen-bond donors (Lipinski definition) is 1. The van der Waals surface area contributed by atoms with E-state index < -0.39 is 25.4 Å². The quantitative estimate of drug-likeness (QED) is 0.275. The van der Waals surface area contributed by atoms with E-state index in [9.17, 15) is 21.6 Å². The zero-order valence-corrected chi connectivity index (χ0v) is 24.0. The van der Waals surface area contributed by atoms with E-state index in [2.05, 4.69) is 10.3 Å². The van der Waals surface area contributed by atoms with Gasteiger partial charge in [-0.3, -0.25) is 4.79 Å². The van der Waals surface area contributed by atoms with Gasteiger partial charge in [-0.05, 0) is 41.5 Å². The molecule has 0 spiro atoms. The Morgan fingerprint density at radius 3 is 2.33 bits per heavy atom. The maximum atomic E-state index is 13.5. The Hall–Kier alpha value is -3.93. The molecule has 12 heteroatoms. The van der Waals surface area contributed by atoms with Crippen molar-refractivity contribution < 1.29 is 16.8 Å². The summed E-state index contributed by atoms with van der Waals surface area (Å²) in [5, 5.41) is 4.10. The number of sulfone groups is 1. The summed E-state index contributed by atoms with van der Waals surface area (Å²) < 4.78 is 53.4. The number of aromatic nitrogens is 3. The fourth-order valence-electron chi connectivity index (χ4n) is 4.53. The Bertz CT molecular complexity index is 2000. The summed E-state index contributed by atoms with van der Waals surface area (Å²) in [4.78, 5) is 17.6. The van der Waals surface area contributed by atoms with Crippen LogP contribution >= 0.6 is 11.6 Å². The Labute approximate surface area is 236 Å². The van der Waals surface area contributed by atoms with Crippen LogP contribution in [0.15, 0.2) is 90.1 Å². The van der Waals surface area contributed by atoms with E-state index >= 15 is 0 Å². The fraction of sp³-hybridized carbons (Fsp3) is 0.143. The molecule has 0 bridgehead atoms. The molecule has 9 nitrogen and oxygen atoms in total. The Balaban J connectivity index is 1.71. The largest absolute Gasteiger partial charge is 0.340 e. The molecule has 5 rings (SSSR count). The molecule has 0 amide bonds. The van der Waals surface area contributed by atoms with Gasteiger partial charge >= 0.3 is 0 Å². The molecule has 0 radical (unpaired) electrons. The number of nitrogens with one attached hydrogen (secondary N) is 1. The van der Waals surface area contributed by atoms with E-state index in [1.165, 1.54) is 17.0 Å². The Morgan fingerprint density at radius 1 is 0.900 bits per heavy atom. The summed E-state index contributed by atoms with van der Waals surface area (Å²) in [6.07, 6.45) is 5.63. The van der Waals surface area contributed by atoms with Crippen molar-refractivity contribution in [3.63, 3.8) is 0 Å². The van der Waals surface area contributed by atoms with Crippen molar-refractivity contribution in [1.29, 1.82) is 0 Å². The minimum Gasteiger partial charge on any atom is -0.340 e. The second kappa shape index (κ2) is 10.6. The molecule has 0 aliphatic carbocycles. The van der Waals surface area contributed by atoms with Crippen LogP contribution in [0.2, 0.25) is 5.02 Å². The van der Waals surface area contributed by atoms with Crippen LogP contribution in [0.1, 0.15) is 11.1 Å². The van der Waals surface area contributed by atoms with Crippen molar-refractivity contribution in [2.75, 3.05) is 11.6 Å². The molecule has 0 saturated carbocycles. The summed E-state index contributed by atoms with van der Waals surface area (Å²) in [6, 6.07) is 18.8. The van der Waals surface area contributed by atoms with Crippen LogP contribution in [0.25, 0.3) is 22.0 Å². The van der Waals surface area contributed by atoms with Crippen LogP contribution in [0.3, 0.4) is 0 Å². The molecule has 0 saturated heterocycles. The van der Waals surface area contributed by atoms with Crippen LogP contribution in [0.5, 0.6) is 0 Å². The van der Waals surface area contributed by atoms with Crippen molar-refractivity contribution in [2.24, 2.45) is 7.05 Å². The van der Waals surface area contributed by atoms with Crippen molar-refractivity contribution in [1.82, 2.24) is 13.5 Å². The summed E-state index contributed by atoms with van der Waals surface area (Å²) >= 11 is 5.98. The van der Waals surface area contributed by atoms with Crippen LogP contribution < -0.4 is 10.9 Å². The summed E-state index contributed by atoms with van der Waals surface area (Å²) in [6.45, 7) is 0. The van der Waals surface area contributed by atoms with Gasteiger partial charge in [0.05, 0.1) is 16.5 Å². The molecule has 2 aromatic carbocycles. The van der Waals surface area contributed by atoms with Crippen LogP contribution in [-0.4, -0.2) is 36.6 Å². The van der Waals surface area contributed by atoms with Gasteiger partial charge in [0.25, 0.3) is 5.56 Å². The van der Waals surface area contributed by atoms with Crippen molar-refractivity contribution >= 4 is 53.9 Å². The normalized spacial score (nSPS) is 12.1. The number of rotatable bonds is 8. The highest BCUT2D eigenvalue weighted by Gasteiger charge is 2.23. The number of anilines is 2. The number of nitrogens with zero attached hydrogens (tertiary/aromatic N) is 3. The van der Waals surface area contributed by atoms with Gasteiger partial charge in [0, 0.05) is 54.1 Å². The Morgan fingerprint density at radius 2 is 1.65 bits per heavy atom. The maximum absolute atomic E-state index is 13.5. The number of halogens is 1. The molecule has 0 unspecified atom stereocenters. The number of benzene rings is 2. The van der Waals surface area contributed by atoms with Crippen molar-refractivity contribution in [3.05, 3.63) is 112 Å². The van der Waals surface area contributed by atoms with Gasteiger partial charge in [0.1, 0.15) is 11.3 Å². The first-order valence-electron chi connectivity index (χ1n) is 12.1. The third kappa shape index (κ3) is 5.81. The van der Waals surface area contributed by atoms with E-state index in [0.717, 1.165) is 10.2 Å². The molecular formula is C28H25ClN4O5S2. The predicted molar refractivity (Wildman–Crippen MR) is 158 cm³/mol.